The quantitative estimate of drug-likeness (QED) is 0.787. The van der Waals surface area contributed by atoms with Crippen LogP contribution in [0.4, 0.5) is 8.78 Å². The summed E-state index contributed by atoms with van der Waals surface area (Å²) in [6.07, 6.45) is 3.79. The largest absolute Gasteiger partial charge is 0.347 e. The van der Waals surface area contributed by atoms with E-state index in [1.807, 2.05) is 37.7 Å². The van der Waals surface area contributed by atoms with Crippen LogP contribution in [-0.2, 0) is 13.5 Å². The summed E-state index contributed by atoms with van der Waals surface area (Å²) in [4.78, 5) is 16.8. The van der Waals surface area contributed by atoms with Gasteiger partial charge in [0.1, 0.15) is 5.65 Å². The molecule has 6 heteroatoms. The molecule has 0 saturated carbocycles. The predicted molar refractivity (Wildman–Crippen MR) is 92.3 cm³/mol. The van der Waals surface area contributed by atoms with Crippen LogP contribution in [0, 0.1) is 11.6 Å². The van der Waals surface area contributed by atoms with Gasteiger partial charge >= 0.3 is 0 Å². The number of aromatic nitrogens is 2. The molecule has 1 N–H and O–H groups in total. The number of hydrogen-bond acceptors (Lipinski definition) is 2. The monoisotopic (exact) mass is 343 g/mol. The Balaban J connectivity index is 1.76. The highest BCUT2D eigenvalue weighted by Gasteiger charge is 2.23. The molecule has 0 bridgehead atoms. The zero-order valence-corrected chi connectivity index (χ0v) is 14.3. The van der Waals surface area contributed by atoms with Crippen LogP contribution in [0.3, 0.4) is 0 Å². The van der Waals surface area contributed by atoms with Crippen molar-refractivity contribution in [3.05, 3.63) is 65.5 Å². The lowest BCUT2D eigenvalue weighted by atomic mass is 9.94. The van der Waals surface area contributed by atoms with Crippen LogP contribution in [0.25, 0.3) is 11.0 Å². The normalized spacial score (nSPS) is 11.7. The van der Waals surface area contributed by atoms with Gasteiger partial charge in [0.2, 0.25) is 0 Å². The molecule has 0 aliphatic heterocycles. The van der Waals surface area contributed by atoms with Gasteiger partial charge < -0.3 is 9.88 Å². The number of nitrogens with one attached hydrogen (secondary N) is 1. The molecule has 3 rings (SSSR count). The fourth-order valence-electron chi connectivity index (χ4n) is 2.86. The molecule has 0 fully saturated rings. The van der Waals surface area contributed by atoms with E-state index in [4.69, 9.17) is 0 Å². The number of carbonyl (C=O) groups excluding carboxylic acids is 1. The molecule has 1 aromatic carbocycles. The minimum absolute atomic E-state index is 0.258. The number of halogens is 2. The molecule has 0 aliphatic rings. The maximum Gasteiger partial charge on any atom is 0.253 e. The van der Waals surface area contributed by atoms with E-state index >= 15 is 0 Å². The van der Waals surface area contributed by atoms with Crippen LogP contribution in [-0.4, -0.2) is 21.0 Å². The van der Waals surface area contributed by atoms with E-state index < -0.39 is 17.2 Å². The number of fused-ring (bicyclic) bond motifs is 1. The van der Waals surface area contributed by atoms with E-state index in [1.54, 1.807) is 6.07 Å². The van der Waals surface area contributed by atoms with Crippen molar-refractivity contribution in [1.82, 2.24) is 14.9 Å². The molecule has 0 aliphatic carbocycles. The Labute approximate surface area is 144 Å². The number of nitrogens with zero attached hydrogens (tertiary/aromatic N) is 2. The van der Waals surface area contributed by atoms with E-state index in [1.165, 1.54) is 12.3 Å². The van der Waals surface area contributed by atoms with Crippen LogP contribution in [0.15, 0.2) is 42.7 Å². The number of rotatable bonds is 4. The summed E-state index contributed by atoms with van der Waals surface area (Å²) in [5, 5.41) is 3.81. The van der Waals surface area contributed by atoms with Crippen LogP contribution in [0.1, 0.15) is 29.8 Å². The third-order valence-corrected chi connectivity index (χ3v) is 4.05. The number of hydrogen-bond donors (Lipinski definition) is 1. The van der Waals surface area contributed by atoms with Crippen molar-refractivity contribution in [2.24, 2.45) is 7.05 Å². The van der Waals surface area contributed by atoms with Crippen molar-refractivity contribution in [3.8, 4) is 0 Å². The van der Waals surface area contributed by atoms with Gasteiger partial charge in [0.25, 0.3) is 5.91 Å². The molecule has 3 aromatic rings. The second-order valence-corrected chi connectivity index (χ2v) is 6.83. The lowest BCUT2D eigenvalue weighted by Crippen LogP contribution is -2.45. The standard InChI is InChI=1S/C19H19F2N3O/c1-19(2,10-12-4-5-15(20)16(21)8-12)23-18(25)14-9-13-6-7-24(3)17(13)22-11-14/h4-9,11H,10H2,1-3H3,(H,23,25). The Morgan fingerprint density at radius 2 is 1.96 bits per heavy atom. The summed E-state index contributed by atoms with van der Waals surface area (Å²) in [7, 11) is 1.89. The van der Waals surface area contributed by atoms with Gasteiger partial charge in [-0.05, 0) is 50.1 Å². The first kappa shape index (κ1) is 17.1. The van der Waals surface area contributed by atoms with Gasteiger partial charge in [-0.15, -0.1) is 0 Å². The average Bonchev–Trinajstić information content (AvgIpc) is 2.91. The Morgan fingerprint density at radius 3 is 2.68 bits per heavy atom. The Kier molecular flexibility index (Phi) is 4.29. The van der Waals surface area contributed by atoms with Crippen molar-refractivity contribution >= 4 is 16.9 Å². The fraction of sp³-hybridized carbons (Fsp3) is 0.263. The summed E-state index contributed by atoms with van der Waals surface area (Å²) in [6.45, 7) is 3.67. The van der Waals surface area contributed by atoms with E-state index in [-0.39, 0.29) is 5.91 Å². The highest BCUT2D eigenvalue weighted by Crippen LogP contribution is 2.18. The van der Waals surface area contributed by atoms with Crippen LogP contribution in [0.5, 0.6) is 0 Å². The number of pyridine rings is 1. The summed E-state index contributed by atoms with van der Waals surface area (Å²) < 4.78 is 28.3. The number of aryl methyl sites for hydroxylation is 1. The molecule has 1 amide bonds. The maximum atomic E-state index is 13.4. The maximum absolute atomic E-state index is 13.4. The summed E-state index contributed by atoms with van der Waals surface area (Å²) in [5.41, 5.74) is 1.24. The molecule has 25 heavy (non-hydrogen) atoms. The molecular formula is C19H19F2N3O. The molecule has 2 heterocycles. The molecular weight excluding hydrogens is 324 g/mol. The number of amides is 1. The lowest BCUT2D eigenvalue weighted by molar-refractivity contribution is 0.0913. The SMILES string of the molecule is Cn1ccc2cc(C(=O)NC(C)(C)Cc3ccc(F)c(F)c3)cnc21. The third-order valence-electron chi connectivity index (χ3n) is 4.05. The van der Waals surface area contributed by atoms with Gasteiger partial charge in [0.05, 0.1) is 5.56 Å². The minimum Gasteiger partial charge on any atom is -0.347 e. The van der Waals surface area contributed by atoms with Gasteiger partial charge in [-0.1, -0.05) is 6.07 Å². The van der Waals surface area contributed by atoms with Crippen molar-refractivity contribution in [2.45, 2.75) is 25.8 Å². The summed E-state index contributed by atoms with van der Waals surface area (Å²) >= 11 is 0. The lowest BCUT2D eigenvalue weighted by Gasteiger charge is -2.26. The molecule has 0 saturated heterocycles. The minimum atomic E-state index is -0.890. The van der Waals surface area contributed by atoms with E-state index in [0.29, 0.717) is 17.5 Å². The second kappa shape index (κ2) is 6.27. The van der Waals surface area contributed by atoms with Crippen LogP contribution < -0.4 is 5.32 Å². The summed E-state index contributed by atoms with van der Waals surface area (Å²) in [6, 6.07) is 7.44. The van der Waals surface area contributed by atoms with Crippen molar-refractivity contribution < 1.29 is 13.6 Å². The average molecular weight is 343 g/mol. The Bertz CT molecular complexity index is 947. The molecule has 0 radical (unpaired) electrons. The Hall–Kier alpha value is -2.76. The van der Waals surface area contributed by atoms with E-state index in [9.17, 15) is 13.6 Å². The first-order chi connectivity index (χ1) is 11.7. The first-order valence-electron chi connectivity index (χ1n) is 7.93. The molecule has 0 atom stereocenters. The van der Waals surface area contributed by atoms with Crippen LogP contribution in [0.2, 0.25) is 0 Å². The molecule has 130 valence electrons. The number of benzene rings is 1. The second-order valence-electron chi connectivity index (χ2n) is 6.83. The molecule has 2 aromatic heterocycles. The number of carbonyl (C=O) groups is 1. The molecule has 0 spiro atoms. The smallest absolute Gasteiger partial charge is 0.253 e. The van der Waals surface area contributed by atoms with E-state index in [2.05, 4.69) is 10.3 Å². The fourth-order valence-corrected chi connectivity index (χ4v) is 2.86. The van der Waals surface area contributed by atoms with Crippen molar-refractivity contribution in [2.75, 3.05) is 0 Å². The topological polar surface area (TPSA) is 46.9 Å². The van der Waals surface area contributed by atoms with E-state index in [0.717, 1.165) is 23.2 Å². The van der Waals surface area contributed by atoms with Crippen LogP contribution >= 0.6 is 0 Å². The zero-order valence-electron chi connectivity index (χ0n) is 14.3. The van der Waals surface area contributed by atoms with Gasteiger partial charge in [0, 0.05) is 30.4 Å². The highest BCUT2D eigenvalue weighted by atomic mass is 19.2. The highest BCUT2D eigenvalue weighted by molar-refractivity contribution is 5.97. The molecule has 0 unspecified atom stereocenters. The summed E-state index contributed by atoms with van der Waals surface area (Å²) in [5.74, 6) is -2.03. The van der Waals surface area contributed by atoms with Gasteiger partial charge in [-0.2, -0.15) is 0 Å². The van der Waals surface area contributed by atoms with Crippen molar-refractivity contribution in [3.63, 3.8) is 0 Å². The van der Waals surface area contributed by atoms with Gasteiger partial charge in [0.15, 0.2) is 11.6 Å². The Morgan fingerprint density at radius 1 is 1.20 bits per heavy atom. The van der Waals surface area contributed by atoms with Crippen molar-refractivity contribution in [1.29, 1.82) is 0 Å². The van der Waals surface area contributed by atoms with Gasteiger partial charge in [-0.3, -0.25) is 4.79 Å². The third kappa shape index (κ3) is 3.68. The molecule has 4 nitrogen and oxygen atoms in total. The zero-order chi connectivity index (χ0) is 18.2. The van der Waals surface area contributed by atoms with Gasteiger partial charge in [-0.25, -0.2) is 13.8 Å². The predicted octanol–water partition coefficient (Wildman–Crippen LogP) is 3.60. The first-order valence-corrected chi connectivity index (χ1v) is 7.93.